The zero-order chi connectivity index (χ0) is 14.4. The Kier molecular flexibility index (Phi) is 3.04. The van der Waals surface area contributed by atoms with Gasteiger partial charge in [0.2, 0.25) is 0 Å². The number of nitrogens with two attached hydrogens (primary N) is 1. The third-order valence-electron chi connectivity index (χ3n) is 2.87. The van der Waals surface area contributed by atoms with Crippen molar-refractivity contribution in [2.45, 2.75) is 25.9 Å². The zero-order valence-electron chi connectivity index (χ0n) is 10.4. The van der Waals surface area contributed by atoms with Crippen LogP contribution < -0.4 is 5.73 Å². The van der Waals surface area contributed by atoms with E-state index in [0.29, 0.717) is 5.69 Å². The molecule has 3 nitrogen and oxygen atoms in total. The molecule has 1 aromatic carbocycles. The molecule has 0 unspecified atom stereocenters. The fourth-order valence-electron chi connectivity index (χ4n) is 1.83. The molecule has 0 amide bonds. The lowest BCUT2D eigenvalue weighted by Gasteiger charge is -2.14. The van der Waals surface area contributed by atoms with Crippen LogP contribution in [-0.2, 0) is 6.18 Å². The molecule has 19 heavy (non-hydrogen) atoms. The maximum atomic E-state index is 13.1. The first-order valence-corrected chi connectivity index (χ1v) is 5.70. The number of halogens is 3. The summed E-state index contributed by atoms with van der Waals surface area (Å²) < 4.78 is 39.2. The van der Waals surface area contributed by atoms with Crippen molar-refractivity contribution in [3.63, 3.8) is 0 Å². The van der Waals surface area contributed by atoms with E-state index in [1.54, 1.807) is 13.8 Å². The van der Waals surface area contributed by atoms with Gasteiger partial charge in [-0.05, 0) is 18.1 Å². The summed E-state index contributed by atoms with van der Waals surface area (Å²) in [5.74, 6) is -0.417. The van der Waals surface area contributed by atoms with Gasteiger partial charge in [0.15, 0.2) is 0 Å². The van der Waals surface area contributed by atoms with Crippen molar-refractivity contribution in [3.05, 3.63) is 29.5 Å². The molecule has 102 valence electrons. The molecule has 6 heteroatoms. The van der Waals surface area contributed by atoms with E-state index < -0.39 is 11.7 Å². The van der Waals surface area contributed by atoms with Gasteiger partial charge in [0.1, 0.15) is 5.75 Å². The lowest BCUT2D eigenvalue weighted by atomic mass is 10.0. The summed E-state index contributed by atoms with van der Waals surface area (Å²) >= 11 is 0. The van der Waals surface area contributed by atoms with E-state index in [-0.39, 0.29) is 28.3 Å². The average Bonchev–Trinajstić information content (AvgIpc) is 2.27. The van der Waals surface area contributed by atoms with Gasteiger partial charge in [-0.3, -0.25) is 4.98 Å². The minimum atomic E-state index is -4.49. The summed E-state index contributed by atoms with van der Waals surface area (Å²) in [5, 5.41) is 9.39. The predicted molar refractivity (Wildman–Crippen MR) is 66.9 cm³/mol. The van der Waals surface area contributed by atoms with E-state index in [4.69, 9.17) is 5.73 Å². The molecule has 0 saturated carbocycles. The Morgan fingerprint density at radius 3 is 2.37 bits per heavy atom. The standard InChI is InChI=1S/C13H13F3N2O/c1-6(2)10-4-8(13(14,15)16)7-3-9(17)12(19)5-11(7)18-10/h3-6,19H,17H2,1-2H3. The quantitative estimate of drug-likeness (QED) is 0.614. The second kappa shape index (κ2) is 4.29. The highest BCUT2D eigenvalue weighted by atomic mass is 19.4. The van der Waals surface area contributed by atoms with Gasteiger partial charge in [0, 0.05) is 17.1 Å². The Balaban J connectivity index is 2.86. The predicted octanol–water partition coefficient (Wildman–Crippen LogP) is 3.66. The van der Waals surface area contributed by atoms with Crippen LogP contribution in [0.15, 0.2) is 18.2 Å². The number of hydrogen-bond acceptors (Lipinski definition) is 3. The molecule has 0 aliphatic carbocycles. The molecule has 0 spiro atoms. The number of aromatic nitrogens is 1. The van der Waals surface area contributed by atoms with Crippen LogP contribution in [0.3, 0.4) is 0 Å². The van der Waals surface area contributed by atoms with Crippen LogP contribution in [0.25, 0.3) is 10.9 Å². The number of nitrogen functional groups attached to an aromatic ring is 1. The number of rotatable bonds is 1. The van der Waals surface area contributed by atoms with Crippen molar-refractivity contribution in [2.24, 2.45) is 0 Å². The van der Waals surface area contributed by atoms with Crippen molar-refractivity contribution < 1.29 is 18.3 Å². The fraction of sp³-hybridized carbons (Fsp3) is 0.308. The molecule has 0 aliphatic rings. The Bertz CT molecular complexity index is 636. The minimum Gasteiger partial charge on any atom is -0.506 e. The monoisotopic (exact) mass is 270 g/mol. The number of pyridine rings is 1. The van der Waals surface area contributed by atoms with Gasteiger partial charge in [0.25, 0.3) is 0 Å². The summed E-state index contributed by atoms with van der Waals surface area (Å²) in [6.07, 6.45) is -4.49. The van der Waals surface area contributed by atoms with E-state index >= 15 is 0 Å². The number of benzene rings is 1. The van der Waals surface area contributed by atoms with Crippen molar-refractivity contribution in [1.29, 1.82) is 0 Å². The highest BCUT2D eigenvalue weighted by molar-refractivity contribution is 5.88. The molecule has 0 atom stereocenters. The van der Waals surface area contributed by atoms with Crippen molar-refractivity contribution in [2.75, 3.05) is 5.73 Å². The molecule has 2 rings (SSSR count). The summed E-state index contributed by atoms with van der Waals surface area (Å²) in [6, 6.07) is 3.29. The Morgan fingerprint density at radius 1 is 1.21 bits per heavy atom. The number of nitrogens with zero attached hydrogens (tertiary/aromatic N) is 1. The number of aromatic hydroxyl groups is 1. The van der Waals surface area contributed by atoms with Gasteiger partial charge in [-0.15, -0.1) is 0 Å². The summed E-state index contributed by atoms with van der Waals surface area (Å²) in [6.45, 7) is 3.51. The second-order valence-corrected chi connectivity index (χ2v) is 4.68. The normalized spacial score (nSPS) is 12.3. The summed E-state index contributed by atoms with van der Waals surface area (Å²) in [7, 11) is 0. The molecular formula is C13H13F3N2O. The summed E-state index contributed by atoms with van der Waals surface area (Å²) in [5.41, 5.74) is 4.98. The maximum Gasteiger partial charge on any atom is 0.417 e. The Morgan fingerprint density at radius 2 is 1.84 bits per heavy atom. The van der Waals surface area contributed by atoms with Gasteiger partial charge in [-0.2, -0.15) is 13.2 Å². The molecule has 2 aromatic rings. The largest absolute Gasteiger partial charge is 0.506 e. The van der Waals surface area contributed by atoms with Crippen LogP contribution in [0.5, 0.6) is 5.75 Å². The smallest absolute Gasteiger partial charge is 0.417 e. The number of fused-ring (bicyclic) bond motifs is 1. The lowest BCUT2D eigenvalue weighted by Crippen LogP contribution is -2.09. The molecule has 0 saturated heterocycles. The van der Waals surface area contributed by atoms with Crippen LogP contribution in [0.1, 0.15) is 31.0 Å². The van der Waals surface area contributed by atoms with E-state index in [0.717, 1.165) is 18.2 Å². The number of phenols is 1. The molecule has 3 N–H and O–H groups in total. The molecule has 0 aliphatic heterocycles. The van der Waals surface area contributed by atoms with Gasteiger partial charge in [-0.25, -0.2) is 0 Å². The van der Waals surface area contributed by atoms with Crippen molar-refractivity contribution >= 4 is 16.6 Å². The topological polar surface area (TPSA) is 59.1 Å². The molecule has 1 heterocycles. The molecule has 1 aromatic heterocycles. The third-order valence-corrected chi connectivity index (χ3v) is 2.87. The molecular weight excluding hydrogens is 257 g/mol. The van der Waals surface area contributed by atoms with Gasteiger partial charge in [0.05, 0.1) is 16.8 Å². The maximum absolute atomic E-state index is 13.1. The summed E-state index contributed by atoms with van der Waals surface area (Å²) in [4.78, 5) is 4.14. The molecule has 0 fully saturated rings. The second-order valence-electron chi connectivity index (χ2n) is 4.68. The number of phenolic OH excluding ortho intramolecular Hbond substituents is 1. The zero-order valence-corrected chi connectivity index (χ0v) is 10.4. The SMILES string of the molecule is CC(C)c1cc(C(F)(F)F)c2cc(N)c(O)cc2n1. The van der Waals surface area contributed by atoms with Crippen LogP contribution in [0.4, 0.5) is 18.9 Å². The first-order chi connectivity index (χ1) is 8.70. The van der Waals surface area contributed by atoms with Crippen molar-refractivity contribution in [3.8, 4) is 5.75 Å². The Labute approximate surface area is 107 Å². The highest BCUT2D eigenvalue weighted by Gasteiger charge is 2.34. The number of alkyl halides is 3. The first-order valence-electron chi connectivity index (χ1n) is 5.70. The number of anilines is 1. The van der Waals surface area contributed by atoms with E-state index in [2.05, 4.69) is 4.98 Å². The van der Waals surface area contributed by atoms with Crippen LogP contribution in [0, 0.1) is 0 Å². The van der Waals surface area contributed by atoms with Gasteiger partial charge >= 0.3 is 6.18 Å². The average molecular weight is 270 g/mol. The molecule has 0 bridgehead atoms. The van der Waals surface area contributed by atoms with E-state index in [1.807, 2.05) is 0 Å². The van der Waals surface area contributed by atoms with Gasteiger partial charge < -0.3 is 10.8 Å². The fourth-order valence-corrected chi connectivity index (χ4v) is 1.83. The highest BCUT2D eigenvalue weighted by Crippen LogP contribution is 2.38. The minimum absolute atomic E-state index is 0.0882. The van der Waals surface area contributed by atoms with Gasteiger partial charge in [-0.1, -0.05) is 13.8 Å². The van der Waals surface area contributed by atoms with E-state index in [1.165, 1.54) is 0 Å². The molecule has 0 radical (unpaired) electrons. The third kappa shape index (κ3) is 2.43. The Hall–Kier alpha value is -1.98. The van der Waals surface area contributed by atoms with Crippen molar-refractivity contribution in [1.82, 2.24) is 4.98 Å². The van der Waals surface area contributed by atoms with Crippen LogP contribution in [-0.4, -0.2) is 10.1 Å². The number of hydrogen-bond donors (Lipinski definition) is 2. The van der Waals surface area contributed by atoms with Crippen LogP contribution >= 0.6 is 0 Å². The first kappa shape index (κ1) is 13.5. The van der Waals surface area contributed by atoms with Crippen LogP contribution in [0.2, 0.25) is 0 Å². The van der Waals surface area contributed by atoms with E-state index in [9.17, 15) is 18.3 Å². The lowest BCUT2D eigenvalue weighted by molar-refractivity contribution is -0.136.